The Kier molecular flexibility index (Phi) is 3.77. The molecule has 1 heterocycles. The summed E-state index contributed by atoms with van der Waals surface area (Å²) in [5.74, 6) is 1.06. The first-order valence-corrected chi connectivity index (χ1v) is 6.35. The number of hydrogen-bond donors (Lipinski definition) is 0. The largest absolute Gasteiger partial charge is 0.295 e. The zero-order valence-electron chi connectivity index (χ0n) is 10.6. The second kappa shape index (κ2) is 5.30. The first-order valence-electron chi connectivity index (χ1n) is 6.35. The average molecular weight is 232 g/mol. The van der Waals surface area contributed by atoms with Gasteiger partial charge in [-0.2, -0.15) is 5.10 Å². The van der Waals surface area contributed by atoms with Gasteiger partial charge in [-0.25, -0.2) is 0 Å². The van der Waals surface area contributed by atoms with E-state index in [4.69, 9.17) is 0 Å². The molecule has 3 heteroatoms. The molecule has 3 nitrogen and oxygen atoms in total. The molecule has 0 radical (unpaired) electrons. The number of rotatable bonds is 4. The van der Waals surface area contributed by atoms with E-state index >= 15 is 0 Å². The van der Waals surface area contributed by atoms with Gasteiger partial charge in [0.15, 0.2) is 5.78 Å². The Bertz CT molecular complexity index is 431. The van der Waals surface area contributed by atoms with Gasteiger partial charge in [-0.15, -0.1) is 0 Å². The van der Waals surface area contributed by atoms with Crippen LogP contribution in [0.5, 0.6) is 0 Å². The highest BCUT2D eigenvalue weighted by Crippen LogP contribution is 2.24. The van der Waals surface area contributed by atoms with Crippen LogP contribution >= 0.6 is 0 Å². The van der Waals surface area contributed by atoms with Crippen molar-refractivity contribution >= 4 is 5.78 Å². The van der Waals surface area contributed by atoms with Crippen molar-refractivity contribution in [3.05, 3.63) is 29.6 Å². The molecular weight excluding hydrogens is 212 g/mol. The summed E-state index contributed by atoms with van der Waals surface area (Å²) in [5, 5.41) is 4.11. The number of allylic oxidation sites excluding steroid dienone is 2. The molecule has 0 bridgehead atoms. The third kappa shape index (κ3) is 3.29. The topological polar surface area (TPSA) is 34.9 Å². The van der Waals surface area contributed by atoms with Crippen molar-refractivity contribution in [3.63, 3.8) is 0 Å². The Balaban J connectivity index is 1.85. The number of hydrogen-bond acceptors (Lipinski definition) is 2. The van der Waals surface area contributed by atoms with E-state index in [1.54, 1.807) is 4.68 Å². The molecule has 92 valence electrons. The highest BCUT2D eigenvalue weighted by atomic mass is 16.1. The van der Waals surface area contributed by atoms with Crippen LogP contribution in [0.1, 0.15) is 38.2 Å². The van der Waals surface area contributed by atoms with Gasteiger partial charge >= 0.3 is 0 Å². The minimum Gasteiger partial charge on any atom is -0.295 e. The van der Waals surface area contributed by atoms with E-state index in [1.165, 1.54) is 0 Å². The van der Waals surface area contributed by atoms with Gasteiger partial charge in [0.2, 0.25) is 0 Å². The smallest absolute Gasteiger partial charge is 0.158 e. The SMILES string of the molecule is CC1CC=C(C(=O)CCc2cnn(C)c2)CC1. The highest BCUT2D eigenvalue weighted by molar-refractivity contribution is 5.95. The van der Waals surface area contributed by atoms with E-state index in [9.17, 15) is 4.79 Å². The van der Waals surface area contributed by atoms with Crippen molar-refractivity contribution in [3.8, 4) is 0 Å². The van der Waals surface area contributed by atoms with Crippen LogP contribution in [-0.4, -0.2) is 15.6 Å². The Labute approximate surface area is 103 Å². The molecule has 17 heavy (non-hydrogen) atoms. The maximum atomic E-state index is 12.0. The van der Waals surface area contributed by atoms with Crippen LogP contribution in [0, 0.1) is 5.92 Å². The average Bonchev–Trinajstić information content (AvgIpc) is 2.73. The first kappa shape index (κ1) is 12.1. The number of Topliss-reactive ketones (excluding diaryl/α,β-unsaturated/α-hetero) is 1. The molecule has 1 aliphatic carbocycles. The van der Waals surface area contributed by atoms with Crippen molar-refractivity contribution < 1.29 is 4.79 Å². The molecule has 1 aromatic heterocycles. The summed E-state index contributed by atoms with van der Waals surface area (Å²) in [6.07, 6.45) is 10.6. The standard InChI is InChI=1S/C14H20N2O/c1-11-3-6-13(7-4-11)14(17)8-5-12-9-15-16(2)10-12/h6,9-11H,3-5,7-8H2,1-2H3. The Morgan fingerprint density at radius 3 is 3.00 bits per heavy atom. The molecule has 0 saturated carbocycles. The summed E-state index contributed by atoms with van der Waals surface area (Å²) in [5.41, 5.74) is 2.19. The third-order valence-corrected chi connectivity index (χ3v) is 3.43. The van der Waals surface area contributed by atoms with Crippen LogP contribution in [0.15, 0.2) is 24.0 Å². The molecule has 0 N–H and O–H groups in total. The number of carbonyl (C=O) groups excluding carboxylic acids is 1. The summed E-state index contributed by atoms with van der Waals surface area (Å²) in [6.45, 7) is 2.24. The molecule has 0 saturated heterocycles. The van der Waals surface area contributed by atoms with Gasteiger partial charge in [0.1, 0.15) is 0 Å². The van der Waals surface area contributed by atoms with Gasteiger partial charge in [-0.05, 0) is 42.7 Å². The quantitative estimate of drug-likeness (QED) is 0.800. The Hall–Kier alpha value is -1.38. The van der Waals surface area contributed by atoms with Crippen molar-refractivity contribution in [1.82, 2.24) is 9.78 Å². The summed E-state index contributed by atoms with van der Waals surface area (Å²) >= 11 is 0. The van der Waals surface area contributed by atoms with Crippen molar-refractivity contribution in [1.29, 1.82) is 0 Å². The van der Waals surface area contributed by atoms with Gasteiger partial charge in [0, 0.05) is 19.7 Å². The number of carbonyl (C=O) groups is 1. The molecule has 2 rings (SSSR count). The van der Waals surface area contributed by atoms with Gasteiger partial charge in [0.05, 0.1) is 6.20 Å². The number of aryl methyl sites for hydroxylation is 2. The van der Waals surface area contributed by atoms with Crippen LogP contribution in [0.4, 0.5) is 0 Å². The van der Waals surface area contributed by atoms with Crippen molar-refractivity contribution in [2.24, 2.45) is 13.0 Å². The number of ketones is 1. The Morgan fingerprint density at radius 2 is 2.41 bits per heavy atom. The second-order valence-corrected chi connectivity index (χ2v) is 5.05. The fraction of sp³-hybridized carbons (Fsp3) is 0.571. The fourth-order valence-corrected chi connectivity index (χ4v) is 2.24. The van der Waals surface area contributed by atoms with Crippen molar-refractivity contribution in [2.45, 2.75) is 39.0 Å². The monoisotopic (exact) mass is 232 g/mol. The highest BCUT2D eigenvalue weighted by Gasteiger charge is 2.15. The maximum absolute atomic E-state index is 12.0. The second-order valence-electron chi connectivity index (χ2n) is 5.05. The molecule has 1 unspecified atom stereocenters. The van der Waals surface area contributed by atoms with Crippen LogP contribution in [0.25, 0.3) is 0 Å². The summed E-state index contributed by atoms with van der Waals surface area (Å²) in [7, 11) is 1.90. The zero-order valence-corrected chi connectivity index (χ0v) is 10.6. The van der Waals surface area contributed by atoms with E-state index in [0.29, 0.717) is 12.2 Å². The summed E-state index contributed by atoms with van der Waals surface area (Å²) < 4.78 is 1.78. The third-order valence-electron chi connectivity index (χ3n) is 3.43. The summed E-state index contributed by atoms with van der Waals surface area (Å²) in [4.78, 5) is 12.0. The molecule has 1 aromatic rings. The maximum Gasteiger partial charge on any atom is 0.158 e. The molecule has 1 aliphatic rings. The van der Waals surface area contributed by atoms with Crippen LogP contribution in [0.3, 0.4) is 0 Å². The van der Waals surface area contributed by atoms with Crippen LogP contribution in [-0.2, 0) is 18.3 Å². The van der Waals surface area contributed by atoms with Crippen LogP contribution in [0.2, 0.25) is 0 Å². The van der Waals surface area contributed by atoms with Gasteiger partial charge in [-0.1, -0.05) is 13.0 Å². The molecular formula is C14H20N2O. The molecule has 0 fully saturated rings. The molecule has 0 amide bonds. The van der Waals surface area contributed by atoms with Crippen molar-refractivity contribution in [2.75, 3.05) is 0 Å². The lowest BCUT2D eigenvalue weighted by atomic mass is 9.88. The van der Waals surface area contributed by atoms with Crippen LogP contribution < -0.4 is 0 Å². The van der Waals surface area contributed by atoms with Gasteiger partial charge in [-0.3, -0.25) is 9.48 Å². The lowest BCUT2D eigenvalue weighted by molar-refractivity contribution is -0.115. The lowest BCUT2D eigenvalue weighted by Gasteiger charge is -2.17. The summed E-state index contributed by atoms with van der Waals surface area (Å²) in [6, 6.07) is 0. The molecule has 1 atom stereocenters. The molecule has 0 aliphatic heterocycles. The Morgan fingerprint density at radius 1 is 1.59 bits per heavy atom. The fourth-order valence-electron chi connectivity index (χ4n) is 2.24. The van der Waals surface area contributed by atoms with E-state index in [0.717, 1.165) is 42.7 Å². The minimum absolute atomic E-state index is 0.320. The number of aromatic nitrogens is 2. The zero-order chi connectivity index (χ0) is 12.3. The lowest BCUT2D eigenvalue weighted by Crippen LogP contribution is -2.10. The predicted molar refractivity (Wildman–Crippen MR) is 67.6 cm³/mol. The van der Waals surface area contributed by atoms with Gasteiger partial charge < -0.3 is 0 Å². The predicted octanol–water partition coefficient (Wildman–Crippen LogP) is 2.67. The first-order chi connectivity index (χ1) is 8.15. The van der Waals surface area contributed by atoms with E-state index in [1.807, 2.05) is 19.4 Å². The van der Waals surface area contributed by atoms with Gasteiger partial charge in [0.25, 0.3) is 0 Å². The molecule has 0 spiro atoms. The minimum atomic E-state index is 0.320. The number of nitrogens with zero attached hydrogens (tertiary/aromatic N) is 2. The normalized spacial score (nSPS) is 20.1. The van der Waals surface area contributed by atoms with E-state index in [2.05, 4.69) is 18.1 Å². The molecule has 0 aromatic carbocycles. The van der Waals surface area contributed by atoms with E-state index < -0.39 is 0 Å². The van der Waals surface area contributed by atoms with E-state index in [-0.39, 0.29) is 0 Å².